The van der Waals surface area contributed by atoms with Crippen LogP contribution in [0.1, 0.15) is 54.9 Å². The van der Waals surface area contributed by atoms with Gasteiger partial charge in [0, 0.05) is 5.92 Å². The highest BCUT2D eigenvalue weighted by Crippen LogP contribution is 2.30. The lowest BCUT2D eigenvalue weighted by Crippen LogP contribution is -2.01. The van der Waals surface area contributed by atoms with Crippen LogP contribution < -0.4 is 4.74 Å². The maximum absolute atomic E-state index is 5.23. The maximum Gasteiger partial charge on any atom is 0.118 e. The molecule has 0 saturated carbocycles. The molecule has 2 aromatic carbocycles. The lowest BCUT2D eigenvalue weighted by Gasteiger charge is -2.18. The molecule has 2 aromatic rings. The Morgan fingerprint density at radius 1 is 0.850 bits per heavy atom. The zero-order chi connectivity index (χ0) is 14.7. The molecule has 1 heteroatoms. The first-order valence-corrected chi connectivity index (χ1v) is 7.27. The molecule has 1 unspecified atom stereocenters. The molecular formula is C19H24O. The molecule has 1 atom stereocenters. The quantitative estimate of drug-likeness (QED) is 0.733. The third kappa shape index (κ3) is 3.04. The Balaban J connectivity index is 2.36. The number of hydrogen-bond acceptors (Lipinski definition) is 1. The first kappa shape index (κ1) is 14.6. The maximum atomic E-state index is 5.23. The van der Waals surface area contributed by atoms with Crippen LogP contribution in [0.25, 0.3) is 0 Å². The molecule has 0 aromatic heterocycles. The van der Waals surface area contributed by atoms with Gasteiger partial charge in [0.2, 0.25) is 0 Å². The first-order valence-electron chi connectivity index (χ1n) is 7.27. The van der Waals surface area contributed by atoms with E-state index < -0.39 is 0 Å². The highest BCUT2D eigenvalue weighted by molar-refractivity contribution is 5.41. The molecule has 106 valence electrons. The van der Waals surface area contributed by atoms with Crippen LogP contribution >= 0.6 is 0 Å². The summed E-state index contributed by atoms with van der Waals surface area (Å²) >= 11 is 0. The number of ether oxygens (including phenoxy) is 1. The average molecular weight is 268 g/mol. The second-order valence-electron chi connectivity index (χ2n) is 5.77. The van der Waals surface area contributed by atoms with Crippen LogP contribution in [0.2, 0.25) is 0 Å². The Morgan fingerprint density at radius 2 is 1.45 bits per heavy atom. The Bertz CT molecular complexity index is 567. The van der Waals surface area contributed by atoms with Crippen molar-refractivity contribution in [2.75, 3.05) is 7.11 Å². The van der Waals surface area contributed by atoms with E-state index in [1.807, 2.05) is 12.1 Å². The molecule has 0 radical (unpaired) electrons. The number of aryl methyl sites for hydroxylation is 1. The third-order valence-electron chi connectivity index (χ3n) is 4.05. The standard InChI is InChI=1S/C19H24O/c1-13(2)17-7-6-14(3)19(12-17)15(4)16-8-10-18(20-5)11-9-16/h6-13,15H,1-5H3. The van der Waals surface area contributed by atoms with Crippen molar-refractivity contribution in [3.63, 3.8) is 0 Å². The van der Waals surface area contributed by atoms with Crippen LogP contribution in [0.5, 0.6) is 5.75 Å². The summed E-state index contributed by atoms with van der Waals surface area (Å²) in [5, 5.41) is 0. The smallest absolute Gasteiger partial charge is 0.118 e. The van der Waals surface area contributed by atoms with E-state index in [0.29, 0.717) is 11.8 Å². The molecule has 2 rings (SSSR count). The van der Waals surface area contributed by atoms with Gasteiger partial charge in [-0.25, -0.2) is 0 Å². The van der Waals surface area contributed by atoms with Gasteiger partial charge >= 0.3 is 0 Å². The van der Waals surface area contributed by atoms with E-state index in [1.54, 1.807) is 7.11 Å². The van der Waals surface area contributed by atoms with Gasteiger partial charge in [0.15, 0.2) is 0 Å². The predicted octanol–water partition coefficient (Wildman–Crippen LogP) is 5.28. The minimum atomic E-state index is 0.402. The minimum absolute atomic E-state index is 0.402. The van der Waals surface area contributed by atoms with E-state index in [-0.39, 0.29) is 0 Å². The fourth-order valence-corrected chi connectivity index (χ4v) is 2.56. The topological polar surface area (TPSA) is 9.23 Å². The molecule has 0 N–H and O–H groups in total. The largest absolute Gasteiger partial charge is 0.497 e. The zero-order valence-corrected chi connectivity index (χ0v) is 13.1. The highest BCUT2D eigenvalue weighted by atomic mass is 16.5. The SMILES string of the molecule is COc1ccc(C(C)c2cc(C(C)C)ccc2C)cc1. The molecular weight excluding hydrogens is 244 g/mol. The monoisotopic (exact) mass is 268 g/mol. The molecule has 0 aliphatic carbocycles. The molecule has 0 aliphatic heterocycles. The molecule has 0 fully saturated rings. The van der Waals surface area contributed by atoms with Gasteiger partial charge in [0.1, 0.15) is 5.75 Å². The van der Waals surface area contributed by atoms with Crippen LogP contribution in [0.3, 0.4) is 0 Å². The van der Waals surface area contributed by atoms with Crippen LogP contribution in [0.15, 0.2) is 42.5 Å². The van der Waals surface area contributed by atoms with E-state index in [2.05, 4.69) is 58.0 Å². The van der Waals surface area contributed by atoms with Crippen molar-refractivity contribution in [2.45, 2.75) is 39.5 Å². The molecule has 20 heavy (non-hydrogen) atoms. The van der Waals surface area contributed by atoms with Crippen LogP contribution in [-0.4, -0.2) is 7.11 Å². The van der Waals surface area contributed by atoms with Crippen molar-refractivity contribution in [1.29, 1.82) is 0 Å². The van der Waals surface area contributed by atoms with Gasteiger partial charge in [0.05, 0.1) is 7.11 Å². The minimum Gasteiger partial charge on any atom is -0.497 e. The van der Waals surface area contributed by atoms with Crippen molar-refractivity contribution in [3.05, 3.63) is 64.7 Å². The number of benzene rings is 2. The Kier molecular flexibility index (Phi) is 4.49. The van der Waals surface area contributed by atoms with Crippen molar-refractivity contribution >= 4 is 0 Å². The second-order valence-corrected chi connectivity index (χ2v) is 5.77. The summed E-state index contributed by atoms with van der Waals surface area (Å²) in [5.74, 6) is 1.88. The molecule has 0 spiro atoms. The van der Waals surface area contributed by atoms with Gasteiger partial charge < -0.3 is 4.74 Å². The molecule has 0 heterocycles. The molecule has 1 nitrogen and oxygen atoms in total. The first-order chi connectivity index (χ1) is 9.52. The Morgan fingerprint density at radius 3 is 2.00 bits per heavy atom. The van der Waals surface area contributed by atoms with Crippen molar-refractivity contribution < 1.29 is 4.74 Å². The van der Waals surface area contributed by atoms with E-state index in [1.165, 1.54) is 22.3 Å². The van der Waals surface area contributed by atoms with E-state index in [4.69, 9.17) is 4.74 Å². The Hall–Kier alpha value is -1.76. The van der Waals surface area contributed by atoms with Gasteiger partial charge in [-0.2, -0.15) is 0 Å². The average Bonchev–Trinajstić information content (AvgIpc) is 2.47. The summed E-state index contributed by atoms with van der Waals surface area (Å²) < 4.78 is 5.23. The van der Waals surface area contributed by atoms with Gasteiger partial charge in [-0.1, -0.05) is 51.1 Å². The number of methoxy groups -OCH3 is 1. The zero-order valence-electron chi connectivity index (χ0n) is 13.1. The fourth-order valence-electron chi connectivity index (χ4n) is 2.56. The summed E-state index contributed by atoms with van der Waals surface area (Å²) in [6.07, 6.45) is 0. The molecule has 0 amide bonds. The van der Waals surface area contributed by atoms with Crippen molar-refractivity contribution in [2.24, 2.45) is 0 Å². The van der Waals surface area contributed by atoms with Gasteiger partial charge in [0.25, 0.3) is 0 Å². The van der Waals surface area contributed by atoms with E-state index >= 15 is 0 Å². The number of rotatable bonds is 4. The van der Waals surface area contributed by atoms with Gasteiger partial charge in [-0.3, -0.25) is 0 Å². The predicted molar refractivity (Wildman–Crippen MR) is 85.8 cm³/mol. The lowest BCUT2D eigenvalue weighted by molar-refractivity contribution is 0.414. The summed E-state index contributed by atoms with van der Waals surface area (Å²) in [5.41, 5.74) is 5.51. The molecule has 0 saturated heterocycles. The molecule has 0 bridgehead atoms. The summed E-state index contributed by atoms with van der Waals surface area (Å²) in [7, 11) is 1.70. The van der Waals surface area contributed by atoms with Crippen LogP contribution in [0.4, 0.5) is 0 Å². The van der Waals surface area contributed by atoms with E-state index in [9.17, 15) is 0 Å². The second kappa shape index (κ2) is 6.13. The number of hydrogen-bond donors (Lipinski definition) is 0. The summed E-state index contributed by atoms with van der Waals surface area (Å²) in [4.78, 5) is 0. The summed E-state index contributed by atoms with van der Waals surface area (Å²) in [6, 6.07) is 15.2. The fraction of sp³-hybridized carbons (Fsp3) is 0.368. The van der Waals surface area contributed by atoms with Gasteiger partial charge in [-0.05, 0) is 47.2 Å². The molecule has 0 aliphatic rings. The highest BCUT2D eigenvalue weighted by Gasteiger charge is 2.12. The van der Waals surface area contributed by atoms with Crippen LogP contribution in [0, 0.1) is 6.92 Å². The lowest BCUT2D eigenvalue weighted by atomic mass is 9.87. The third-order valence-corrected chi connectivity index (χ3v) is 4.05. The summed E-state index contributed by atoms with van der Waals surface area (Å²) in [6.45, 7) is 8.95. The van der Waals surface area contributed by atoms with Crippen LogP contribution in [-0.2, 0) is 0 Å². The van der Waals surface area contributed by atoms with Crippen molar-refractivity contribution in [1.82, 2.24) is 0 Å². The Labute approximate surface area is 122 Å². The normalized spacial score (nSPS) is 12.5. The van der Waals surface area contributed by atoms with Gasteiger partial charge in [-0.15, -0.1) is 0 Å². The van der Waals surface area contributed by atoms with Crippen molar-refractivity contribution in [3.8, 4) is 5.75 Å². The van der Waals surface area contributed by atoms with E-state index in [0.717, 1.165) is 5.75 Å².